The monoisotopic (exact) mass is 223 g/mol. The molecule has 90 valence electrons. The van der Waals surface area contributed by atoms with E-state index in [0.717, 1.165) is 25.1 Å². The molecule has 4 heteroatoms. The minimum absolute atomic E-state index is 0.201. The number of rotatable bonds is 7. The van der Waals surface area contributed by atoms with Crippen LogP contribution in [-0.2, 0) is 6.54 Å². The third kappa shape index (κ3) is 4.59. The van der Waals surface area contributed by atoms with Crippen LogP contribution >= 0.6 is 0 Å². The predicted molar refractivity (Wildman–Crippen MR) is 65.9 cm³/mol. The second kappa shape index (κ2) is 7.19. The second-order valence-corrected chi connectivity index (χ2v) is 3.94. The van der Waals surface area contributed by atoms with Gasteiger partial charge in [0, 0.05) is 19.3 Å². The molecule has 0 aliphatic rings. The summed E-state index contributed by atoms with van der Waals surface area (Å²) in [4.78, 5) is 6.29. The fourth-order valence-electron chi connectivity index (χ4n) is 1.58. The van der Waals surface area contributed by atoms with Crippen molar-refractivity contribution in [2.24, 2.45) is 0 Å². The molecule has 0 bridgehead atoms. The van der Waals surface area contributed by atoms with Gasteiger partial charge in [0.25, 0.3) is 0 Å². The van der Waals surface area contributed by atoms with Crippen molar-refractivity contribution in [2.75, 3.05) is 25.4 Å². The van der Waals surface area contributed by atoms with Gasteiger partial charge in [0.2, 0.25) is 0 Å². The Bertz CT molecular complexity index is 287. The molecule has 0 saturated heterocycles. The highest BCUT2D eigenvalue weighted by molar-refractivity contribution is 5.29. The van der Waals surface area contributed by atoms with Crippen molar-refractivity contribution in [3.8, 4) is 0 Å². The van der Waals surface area contributed by atoms with Gasteiger partial charge in [-0.3, -0.25) is 4.90 Å². The number of aliphatic hydroxyl groups is 1. The molecule has 1 heterocycles. The molecule has 0 atom stereocenters. The van der Waals surface area contributed by atoms with E-state index in [1.54, 1.807) is 6.20 Å². The van der Waals surface area contributed by atoms with Gasteiger partial charge in [-0.15, -0.1) is 0 Å². The average molecular weight is 223 g/mol. The number of pyridine rings is 1. The molecule has 0 aliphatic heterocycles. The zero-order chi connectivity index (χ0) is 11.8. The van der Waals surface area contributed by atoms with Crippen LogP contribution in [0, 0.1) is 0 Å². The maximum atomic E-state index is 8.98. The molecule has 0 amide bonds. The Morgan fingerprint density at radius 1 is 1.38 bits per heavy atom. The molecular formula is C12H21N3O. The minimum atomic E-state index is 0.201. The molecule has 4 nitrogen and oxygen atoms in total. The van der Waals surface area contributed by atoms with E-state index < -0.39 is 0 Å². The van der Waals surface area contributed by atoms with E-state index in [2.05, 4.69) is 16.8 Å². The molecule has 16 heavy (non-hydrogen) atoms. The van der Waals surface area contributed by atoms with Crippen molar-refractivity contribution >= 4 is 5.82 Å². The number of anilines is 1. The first kappa shape index (κ1) is 12.9. The van der Waals surface area contributed by atoms with Gasteiger partial charge < -0.3 is 10.8 Å². The van der Waals surface area contributed by atoms with Crippen LogP contribution in [0.3, 0.4) is 0 Å². The standard InChI is InChI=1S/C12H21N3O/c1-2-3-6-15(7-8-16)10-11-4-5-12(13)14-9-11/h4-5,9,16H,2-3,6-8,10H2,1H3,(H2,13,14). The highest BCUT2D eigenvalue weighted by atomic mass is 16.3. The van der Waals surface area contributed by atoms with Crippen LogP contribution in [0.4, 0.5) is 5.82 Å². The fourth-order valence-corrected chi connectivity index (χ4v) is 1.58. The number of nitrogen functional groups attached to an aromatic ring is 1. The zero-order valence-corrected chi connectivity index (χ0v) is 9.89. The molecule has 0 aliphatic carbocycles. The van der Waals surface area contributed by atoms with E-state index in [4.69, 9.17) is 10.8 Å². The van der Waals surface area contributed by atoms with E-state index in [1.807, 2.05) is 12.1 Å². The summed E-state index contributed by atoms with van der Waals surface area (Å²) >= 11 is 0. The Kier molecular flexibility index (Phi) is 5.82. The van der Waals surface area contributed by atoms with Crippen LogP contribution < -0.4 is 5.73 Å². The van der Waals surface area contributed by atoms with E-state index in [0.29, 0.717) is 12.4 Å². The van der Waals surface area contributed by atoms with Crippen molar-refractivity contribution in [1.29, 1.82) is 0 Å². The Hall–Kier alpha value is -1.13. The van der Waals surface area contributed by atoms with Gasteiger partial charge in [0.05, 0.1) is 6.61 Å². The summed E-state index contributed by atoms with van der Waals surface area (Å²) in [5.41, 5.74) is 6.67. The lowest BCUT2D eigenvalue weighted by molar-refractivity contribution is 0.188. The van der Waals surface area contributed by atoms with E-state index >= 15 is 0 Å². The fraction of sp³-hybridized carbons (Fsp3) is 0.583. The lowest BCUT2D eigenvalue weighted by atomic mass is 10.2. The number of aromatic nitrogens is 1. The van der Waals surface area contributed by atoms with Crippen molar-refractivity contribution in [2.45, 2.75) is 26.3 Å². The lowest BCUT2D eigenvalue weighted by Crippen LogP contribution is -2.27. The van der Waals surface area contributed by atoms with E-state index in [9.17, 15) is 0 Å². The molecule has 3 N–H and O–H groups in total. The largest absolute Gasteiger partial charge is 0.395 e. The number of nitrogens with zero attached hydrogens (tertiary/aromatic N) is 2. The summed E-state index contributed by atoms with van der Waals surface area (Å²) in [6, 6.07) is 3.80. The third-order valence-electron chi connectivity index (χ3n) is 2.50. The second-order valence-electron chi connectivity index (χ2n) is 3.94. The average Bonchev–Trinajstić information content (AvgIpc) is 2.29. The van der Waals surface area contributed by atoms with Gasteiger partial charge in [0.15, 0.2) is 0 Å². The molecule has 1 aromatic rings. The van der Waals surface area contributed by atoms with Gasteiger partial charge in [-0.1, -0.05) is 19.4 Å². The van der Waals surface area contributed by atoms with Gasteiger partial charge in [-0.25, -0.2) is 4.98 Å². The van der Waals surface area contributed by atoms with Crippen LogP contribution in [0.25, 0.3) is 0 Å². The Labute approximate surface area is 97.1 Å². The van der Waals surface area contributed by atoms with Gasteiger partial charge in [-0.2, -0.15) is 0 Å². The number of unbranched alkanes of at least 4 members (excludes halogenated alkanes) is 1. The van der Waals surface area contributed by atoms with Crippen LogP contribution in [0.1, 0.15) is 25.3 Å². The smallest absolute Gasteiger partial charge is 0.123 e. The molecular weight excluding hydrogens is 202 g/mol. The molecule has 0 aromatic carbocycles. The first-order valence-electron chi connectivity index (χ1n) is 5.80. The number of hydrogen-bond acceptors (Lipinski definition) is 4. The SMILES string of the molecule is CCCCN(CCO)Cc1ccc(N)nc1. The van der Waals surface area contributed by atoms with Crippen molar-refractivity contribution < 1.29 is 5.11 Å². The summed E-state index contributed by atoms with van der Waals surface area (Å²) < 4.78 is 0. The lowest BCUT2D eigenvalue weighted by Gasteiger charge is -2.20. The number of aliphatic hydroxyl groups excluding tert-OH is 1. The van der Waals surface area contributed by atoms with E-state index in [1.165, 1.54) is 6.42 Å². The zero-order valence-electron chi connectivity index (χ0n) is 9.89. The number of nitrogens with two attached hydrogens (primary N) is 1. The minimum Gasteiger partial charge on any atom is -0.395 e. The van der Waals surface area contributed by atoms with Crippen molar-refractivity contribution in [3.63, 3.8) is 0 Å². The van der Waals surface area contributed by atoms with Crippen molar-refractivity contribution in [1.82, 2.24) is 9.88 Å². The summed E-state index contributed by atoms with van der Waals surface area (Å²) in [5, 5.41) is 8.98. The normalized spacial score (nSPS) is 10.9. The van der Waals surface area contributed by atoms with Gasteiger partial charge in [-0.05, 0) is 24.6 Å². The molecule has 0 fully saturated rings. The molecule has 1 aromatic heterocycles. The molecule has 0 radical (unpaired) electrons. The molecule has 0 unspecified atom stereocenters. The Morgan fingerprint density at radius 3 is 2.75 bits per heavy atom. The van der Waals surface area contributed by atoms with Crippen LogP contribution in [-0.4, -0.2) is 34.7 Å². The van der Waals surface area contributed by atoms with E-state index in [-0.39, 0.29) is 6.61 Å². The third-order valence-corrected chi connectivity index (χ3v) is 2.50. The Balaban J connectivity index is 2.49. The van der Waals surface area contributed by atoms with Crippen LogP contribution in [0.15, 0.2) is 18.3 Å². The molecule has 1 rings (SSSR count). The summed E-state index contributed by atoms with van der Waals surface area (Å²) in [6.07, 6.45) is 4.12. The molecule has 0 spiro atoms. The summed E-state index contributed by atoms with van der Waals surface area (Å²) in [5.74, 6) is 0.547. The predicted octanol–water partition coefficient (Wildman–Crippen LogP) is 1.26. The quantitative estimate of drug-likeness (QED) is 0.730. The summed E-state index contributed by atoms with van der Waals surface area (Å²) in [6.45, 7) is 4.92. The van der Waals surface area contributed by atoms with Gasteiger partial charge in [0.1, 0.15) is 5.82 Å². The first-order chi connectivity index (χ1) is 7.76. The maximum Gasteiger partial charge on any atom is 0.123 e. The van der Waals surface area contributed by atoms with Crippen molar-refractivity contribution in [3.05, 3.63) is 23.9 Å². The maximum absolute atomic E-state index is 8.98. The topological polar surface area (TPSA) is 62.4 Å². The first-order valence-corrected chi connectivity index (χ1v) is 5.80. The molecule has 0 saturated carbocycles. The highest BCUT2D eigenvalue weighted by Crippen LogP contribution is 2.06. The highest BCUT2D eigenvalue weighted by Gasteiger charge is 2.04. The summed E-state index contributed by atoms with van der Waals surface area (Å²) in [7, 11) is 0. The number of hydrogen-bond donors (Lipinski definition) is 2. The van der Waals surface area contributed by atoms with Crippen LogP contribution in [0.2, 0.25) is 0 Å². The Morgan fingerprint density at radius 2 is 2.19 bits per heavy atom. The van der Waals surface area contributed by atoms with Gasteiger partial charge >= 0.3 is 0 Å². The van der Waals surface area contributed by atoms with Crippen LogP contribution in [0.5, 0.6) is 0 Å².